The minimum Gasteiger partial charge on any atom is -0.361 e. The van der Waals surface area contributed by atoms with Crippen LogP contribution in [0.3, 0.4) is 0 Å². The number of thioether (sulfide) groups is 1. The largest absolute Gasteiger partial charge is 0.378 e. The Balaban J connectivity index is 2.30. The van der Waals surface area contributed by atoms with Crippen molar-refractivity contribution < 1.29 is 14.3 Å². The molecule has 0 bridgehead atoms. The van der Waals surface area contributed by atoms with Gasteiger partial charge in [-0.05, 0) is 32.2 Å². The number of Topliss-reactive ketones (excluding diaryl/α,β-unsaturated/α-hetero) is 1. The van der Waals surface area contributed by atoms with Crippen LogP contribution in [0.5, 0.6) is 0 Å². The number of benzene rings is 2. The Kier molecular flexibility index (Phi) is 4.18. The van der Waals surface area contributed by atoms with Gasteiger partial charge in [-0.25, -0.2) is 0 Å². The summed E-state index contributed by atoms with van der Waals surface area (Å²) >= 11 is 1.63. The summed E-state index contributed by atoms with van der Waals surface area (Å²) in [7, 11) is 0. The molecule has 2 aromatic carbocycles. The lowest BCUT2D eigenvalue weighted by molar-refractivity contribution is -0.132. The first-order valence-corrected chi connectivity index (χ1v) is 8.86. The Morgan fingerprint density at radius 1 is 1.00 bits per heavy atom. The average Bonchev–Trinajstić information content (AvgIpc) is 2.82. The van der Waals surface area contributed by atoms with Gasteiger partial charge in [-0.3, -0.25) is 4.79 Å². The van der Waals surface area contributed by atoms with Gasteiger partial charge in [0.25, 0.3) is 5.78 Å². The molecule has 5 heteroatoms. The molecule has 0 amide bonds. The second-order valence-electron chi connectivity index (χ2n) is 6.17. The van der Waals surface area contributed by atoms with Crippen LogP contribution in [-0.4, -0.2) is 28.1 Å². The summed E-state index contributed by atoms with van der Waals surface area (Å²) in [6.07, 6.45) is 2.00. The van der Waals surface area contributed by atoms with Crippen LogP contribution in [0.25, 0.3) is 5.53 Å². The normalized spacial score (nSPS) is 22.5. The molecule has 122 valence electrons. The third-order valence-corrected chi connectivity index (χ3v) is 5.02. The number of rotatable bonds is 3. The zero-order valence-electron chi connectivity index (χ0n) is 13.8. The van der Waals surface area contributed by atoms with Gasteiger partial charge in [0.05, 0.1) is 0 Å². The zero-order valence-corrected chi connectivity index (χ0v) is 14.6. The number of carbonyl (C=O) groups excluding carboxylic acids is 1. The lowest BCUT2D eigenvalue weighted by Gasteiger charge is -2.28. The summed E-state index contributed by atoms with van der Waals surface area (Å²) in [4.78, 5) is 17.2. The minimum absolute atomic E-state index is 0.00982. The smallest absolute Gasteiger partial charge is 0.361 e. The molecule has 0 radical (unpaired) electrons. The molecule has 3 rings (SSSR count). The van der Waals surface area contributed by atoms with Crippen LogP contribution in [0.1, 0.15) is 25.0 Å². The van der Waals surface area contributed by atoms with Crippen molar-refractivity contribution in [3.05, 3.63) is 71.3 Å². The van der Waals surface area contributed by atoms with Crippen LogP contribution in [0.2, 0.25) is 0 Å². The Morgan fingerprint density at radius 2 is 1.58 bits per heavy atom. The van der Waals surface area contributed by atoms with Gasteiger partial charge in [0.1, 0.15) is 5.60 Å². The molecule has 1 unspecified atom stereocenters. The van der Waals surface area contributed by atoms with E-state index in [0.717, 1.165) is 16.0 Å². The summed E-state index contributed by atoms with van der Waals surface area (Å²) < 4.78 is 6.25. The fourth-order valence-corrected chi connectivity index (χ4v) is 3.50. The molecule has 0 N–H and O–H groups in total. The monoisotopic (exact) mass is 338 g/mol. The molecule has 1 heterocycles. The lowest BCUT2D eigenvalue weighted by Crippen LogP contribution is -2.37. The lowest BCUT2D eigenvalue weighted by atomic mass is 9.81. The molecule has 4 nitrogen and oxygen atoms in total. The SMILES string of the molecule is CSc1ccc(C2(c3ccccc3)OC(C)(C)C(=O)C2=[N+]=[N-])cc1. The van der Waals surface area contributed by atoms with Gasteiger partial charge in [-0.15, -0.1) is 11.8 Å². The maximum Gasteiger partial charge on any atom is 0.378 e. The van der Waals surface area contributed by atoms with Crippen molar-refractivity contribution in [3.8, 4) is 0 Å². The Morgan fingerprint density at radius 3 is 2.12 bits per heavy atom. The maximum absolute atomic E-state index is 12.7. The highest BCUT2D eigenvalue weighted by Crippen LogP contribution is 2.45. The van der Waals surface area contributed by atoms with Crippen molar-refractivity contribution in [2.45, 2.75) is 29.9 Å². The average molecular weight is 338 g/mol. The van der Waals surface area contributed by atoms with Crippen molar-refractivity contribution in [3.63, 3.8) is 0 Å². The van der Waals surface area contributed by atoms with E-state index < -0.39 is 11.2 Å². The van der Waals surface area contributed by atoms with Crippen LogP contribution < -0.4 is 0 Å². The van der Waals surface area contributed by atoms with Gasteiger partial charge in [0.15, 0.2) is 0 Å². The van der Waals surface area contributed by atoms with Gasteiger partial charge in [-0.1, -0.05) is 42.5 Å². The van der Waals surface area contributed by atoms with Crippen LogP contribution in [-0.2, 0) is 15.1 Å². The minimum atomic E-state index is -1.21. The molecule has 0 saturated carbocycles. The molecule has 1 atom stereocenters. The second-order valence-corrected chi connectivity index (χ2v) is 7.05. The van der Waals surface area contributed by atoms with Gasteiger partial charge >= 0.3 is 5.71 Å². The zero-order chi connectivity index (χ0) is 17.4. The first-order chi connectivity index (χ1) is 11.5. The molecule has 24 heavy (non-hydrogen) atoms. The molecule has 1 fully saturated rings. The highest BCUT2D eigenvalue weighted by atomic mass is 32.2. The Bertz CT molecular complexity index is 824. The number of nitrogens with zero attached hydrogens (tertiary/aromatic N) is 2. The van der Waals surface area contributed by atoms with E-state index in [-0.39, 0.29) is 11.5 Å². The van der Waals surface area contributed by atoms with E-state index in [2.05, 4.69) is 4.79 Å². The van der Waals surface area contributed by atoms with Gasteiger partial charge < -0.3 is 10.3 Å². The van der Waals surface area contributed by atoms with Gasteiger partial charge in [0, 0.05) is 16.0 Å². The number of ketones is 1. The molecule has 0 aliphatic carbocycles. The third-order valence-electron chi connectivity index (χ3n) is 4.28. The quantitative estimate of drug-likeness (QED) is 0.487. The van der Waals surface area contributed by atoms with Crippen molar-refractivity contribution in [2.75, 3.05) is 6.26 Å². The molecule has 0 aromatic heterocycles. The van der Waals surface area contributed by atoms with Crippen molar-refractivity contribution in [1.29, 1.82) is 0 Å². The van der Waals surface area contributed by atoms with E-state index in [4.69, 9.17) is 4.74 Å². The van der Waals surface area contributed by atoms with Gasteiger partial charge in [-0.2, -0.15) is 4.79 Å². The van der Waals surface area contributed by atoms with E-state index in [0.29, 0.717) is 0 Å². The second kappa shape index (κ2) is 6.02. The Labute approximate surface area is 145 Å². The molecule has 1 aliphatic rings. The van der Waals surface area contributed by atoms with Crippen LogP contribution >= 0.6 is 11.8 Å². The molecular weight excluding hydrogens is 320 g/mol. The van der Waals surface area contributed by atoms with Crippen LogP contribution in [0.15, 0.2) is 59.5 Å². The van der Waals surface area contributed by atoms with Crippen LogP contribution in [0.4, 0.5) is 0 Å². The summed E-state index contributed by atoms with van der Waals surface area (Å²) in [6.45, 7) is 3.39. The Hall–Kier alpha value is -2.20. The number of hydrogen-bond acceptors (Lipinski definition) is 3. The molecule has 0 spiro atoms. The number of ether oxygens (including phenoxy) is 1. The standard InChI is InChI=1S/C19H18N2O2S/c1-18(2)17(22)16(21-20)19(23-18,13-7-5-4-6-8-13)14-9-11-15(24-3)12-10-14/h4-12H,1-3H3. The van der Waals surface area contributed by atoms with Crippen LogP contribution in [0, 0.1) is 0 Å². The molecular formula is C19H18N2O2S. The van der Waals surface area contributed by atoms with E-state index >= 15 is 0 Å². The van der Waals surface area contributed by atoms with E-state index in [1.807, 2.05) is 60.9 Å². The third kappa shape index (κ3) is 2.42. The van der Waals surface area contributed by atoms with Crippen molar-refractivity contribution in [2.24, 2.45) is 0 Å². The van der Waals surface area contributed by atoms with Crippen molar-refractivity contribution >= 4 is 23.3 Å². The highest BCUT2D eigenvalue weighted by Gasteiger charge is 2.64. The summed E-state index contributed by atoms with van der Waals surface area (Å²) in [5, 5.41) is 0. The topological polar surface area (TPSA) is 62.7 Å². The first kappa shape index (κ1) is 16.7. The highest BCUT2D eigenvalue weighted by molar-refractivity contribution is 7.98. The summed E-state index contributed by atoms with van der Waals surface area (Å²) in [5.41, 5.74) is 8.85. The number of carbonyl (C=O) groups is 1. The first-order valence-electron chi connectivity index (χ1n) is 7.63. The fraction of sp³-hybridized carbons (Fsp3) is 0.263. The molecule has 2 aromatic rings. The van der Waals surface area contributed by atoms with E-state index in [1.54, 1.807) is 25.6 Å². The molecule has 1 aliphatic heterocycles. The van der Waals surface area contributed by atoms with E-state index in [9.17, 15) is 10.3 Å². The predicted molar refractivity (Wildman–Crippen MR) is 94.2 cm³/mol. The van der Waals surface area contributed by atoms with Crippen molar-refractivity contribution in [1.82, 2.24) is 0 Å². The fourth-order valence-electron chi connectivity index (χ4n) is 3.09. The van der Waals surface area contributed by atoms with Gasteiger partial charge in [0.2, 0.25) is 5.60 Å². The summed E-state index contributed by atoms with van der Waals surface area (Å²) in [5.74, 6) is -0.317. The predicted octanol–water partition coefficient (Wildman–Crippen LogP) is 3.70. The molecule has 1 saturated heterocycles. The maximum atomic E-state index is 12.7. The number of hydrogen-bond donors (Lipinski definition) is 0. The summed E-state index contributed by atoms with van der Waals surface area (Å²) in [6, 6.07) is 17.2. The van der Waals surface area contributed by atoms with E-state index in [1.165, 1.54) is 0 Å².